The highest BCUT2D eigenvalue weighted by Crippen LogP contribution is 2.02. The molecule has 4 N–H and O–H groups in total. The first-order valence-corrected chi connectivity index (χ1v) is 2.95. The van der Waals surface area contributed by atoms with Gasteiger partial charge in [-0.1, -0.05) is 0 Å². The minimum Gasteiger partial charge on any atom is -0.479 e. The van der Waals surface area contributed by atoms with Crippen LogP contribution in [-0.4, -0.2) is 44.4 Å². The van der Waals surface area contributed by atoms with E-state index in [9.17, 15) is 14.4 Å². The third-order valence-electron chi connectivity index (χ3n) is 1.05. The van der Waals surface area contributed by atoms with E-state index in [1.54, 1.807) is 0 Å². The van der Waals surface area contributed by atoms with Gasteiger partial charge < -0.3 is 20.4 Å². The average Bonchev–Trinajstić information content (AvgIpc) is 1.97. The quantitative estimate of drug-likeness (QED) is 0.397. The Morgan fingerprint density at radius 2 is 1.54 bits per heavy atom. The molecule has 0 bridgehead atoms. The van der Waals surface area contributed by atoms with E-state index in [2.05, 4.69) is 0 Å². The largest absolute Gasteiger partial charge is 0.479 e. The standard InChI is InChI=1S/C6H6O7/c7-3(8)1-2(5(10)11)4(9)6(12)13/h1,4,9H,(H,7,8)(H,10,11)(H,12,13). The van der Waals surface area contributed by atoms with E-state index in [4.69, 9.17) is 20.4 Å². The fourth-order valence-electron chi connectivity index (χ4n) is 0.524. The summed E-state index contributed by atoms with van der Waals surface area (Å²) in [6.45, 7) is 0. The second-order valence-electron chi connectivity index (χ2n) is 1.98. The molecule has 0 spiro atoms. The van der Waals surface area contributed by atoms with Crippen molar-refractivity contribution in [2.45, 2.75) is 6.10 Å². The van der Waals surface area contributed by atoms with Gasteiger partial charge in [-0.05, 0) is 0 Å². The Balaban J connectivity index is 4.93. The topological polar surface area (TPSA) is 132 Å². The van der Waals surface area contributed by atoms with Gasteiger partial charge in [0.2, 0.25) is 0 Å². The lowest BCUT2D eigenvalue weighted by atomic mass is 10.1. The van der Waals surface area contributed by atoms with Gasteiger partial charge in [-0.3, -0.25) is 0 Å². The summed E-state index contributed by atoms with van der Waals surface area (Å²) in [5, 5.41) is 33.3. The summed E-state index contributed by atoms with van der Waals surface area (Å²) in [5.41, 5.74) is -1.10. The third kappa shape index (κ3) is 3.34. The Kier molecular flexibility index (Phi) is 3.60. The maximum Gasteiger partial charge on any atom is 0.337 e. The Bertz CT molecular complexity index is 277. The minimum absolute atomic E-state index is 0.126. The Morgan fingerprint density at radius 3 is 1.77 bits per heavy atom. The van der Waals surface area contributed by atoms with Crippen LogP contribution in [0.25, 0.3) is 0 Å². The van der Waals surface area contributed by atoms with Crippen molar-refractivity contribution in [1.82, 2.24) is 0 Å². The molecule has 7 nitrogen and oxygen atoms in total. The molecule has 1 atom stereocenters. The molecule has 0 aliphatic carbocycles. The fourth-order valence-corrected chi connectivity index (χ4v) is 0.524. The summed E-state index contributed by atoms with van der Waals surface area (Å²) in [6, 6.07) is 0. The third-order valence-corrected chi connectivity index (χ3v) is 1.05. The van der Waals surface area contributed by atoms with E-state index in [-0.39, 0.29) is 6.08 Å². The highest BCUT2D eigenvalue weighted by molar-refractivity contribution is 6.00. The second-order valence-corrected chi connectivity index (χ2v) is 1.98. The van der Waals surface area contributed by atoms with E-state index in [0.717, 1.165) is 0 Å². The molecule has 0 amide bonds. The van der Waals surface area contributed by atoms with Crippen molar-refractivity contribution in [2.75, 3.05) is 0 Å². The number of carboxylic acids is 3. The van der Waals surface area contributed by atoms with E-state index < -0.39 is 29.6 Å². The number of hydrogen-bond acceptors (Lipinski definition) is 4. The normalized spacial score (nSPS) is 13.5. The summed E-state index contributed by atoms with van der Waals surface area (Å²) < 4.78 is 0. The van der Waals surface area contributed by atoms with E-state index in [1.165, 1.54) is 0 Å². The van der Waals surface area contributed by atoms with Crippen molar-refractivity contribution >= 4 is 17.9 Å². The number of aliphatic carboxylic acids is 3. The maximum absolute atomic E-state index is 10.2. The lowest BCUT2D eigenvalue weighted by molar-refractivity contribution is -0.148. The first-order valence-electron chi connectivity index (χ1n) is 2.95. The zero-order valence-corrected chi connectivity index (χ0v) is 6.17. The number of carbonyl (C=O) groups is 3. The predicted octanol–water partition coefficient (Wildman–Crippen LogP) is -1.47. The number of aliphatic hydroxyl groups is 1. The molecule has 72 valence electrons. The van der Waals surface area contributed by atoms with E-state index >= 15 is 0 Å². The van der Waals surface area contributed by atoms with Gasteiger partial charge >= 0.3 is 17.9 Å². The lowest BCUT2D eigenvalue weighted by Gasteiger charge is -2.04. The van der Waals surface area contributed by atoms with Gasteiger partial charge in [0.25, 0.3) is 0 Å². The Morgan fingerprint density at radius 1 is 1.08 bits per heavy atom. The van der Waals surface area contributed by atoms with Gasteiger partial charge in [-0.25, -0.2) is 14.4 Å². The molecule has 0 aromatic rings. The van der Waals surface area contributed by atoms with E-state index in [1.807, 2.05) is 0 Å². The minimum atomic E-state index is -2.34. The molecule has 0 aliphatic rings. The smallest absolute Gasteiger partial charge is 0.337 e. The molecular weight excluding hydrogens is 184 g/mol. The van der Waals surface area contributed by atoms with Crippen molar-refractivity contribution in [2.24, 2.45) is 0 Å². The fraction of sp³-hybridized carbons (Fsp3) is 0.167. The molecule has 13 heavy (non-hydrogen) atoms. The SMILES string of the molecule is O=C(O)C=C(C(=O)O)C(O)C(=O)O. The van der Waals surface area contributed by atoms with Crippen molar-refractivity contribution in [3.05, 3.63) is 11.6 Å². The molecule has 0 aromatic carbocycles. The van der Waals surface area contributed by atoms with Crippen LogP contribution in [0.3, 0.4) is 0 Å². The zero-order valence-electron chi connectivity index (χ0n) is 6.17. The molecule has 0 aromatic heterocycles. The number of hydrogen-bond donors (Lipinski definition) is 4. The number of aliphatic hydroxyl groups excluding tert-OH is 1. The number of rotatable bonds is 4. The van der Waals surface area contributed by atoms with Gasteiger partial charge in [-0.2, -0.15) is 0 Å². The number of carboxylic acid groups (broad SMARTS) is 3. The lowest BCUT2D eigenvalue weighted by Crippen LogP contribution is -2.27. The van der Waals surface area contributed by atoms with Crippen LogP contribution in [0.15, 0.2) is 11.6 Å². The van der Waals surface area contributed by atoms with Crippen LogP contribution in [0.5, 0.6) is 0 Å². The van der Waals surface area contributed by atoms with Crippen molar-refractivity contribution in [3.8, 4) is 0 Å². The molecule has 0 saturated heterocycles. The Labute approximate surface area is 71.5 Å². The molecule has 0 rings (SSSR count). The van der Waals surface area contributed by atoms with Gasteiger partial charge in [0.05, 0.1) is 5.57 Å². The molecule has 1 unspecified atom stereocenters. The van der Waals surface area contributed by atoms with E-state index in [0.29, 0.717) is 0 Å². The van der Waals surface area contributed by atoms with Crippen LogP contribution in [0.1, 0.15) is 0 Å². The van der Waals surface area contributed by atoms with Crippen LogP contribution in [0, 0.1) is 0 Å². The molecular formula is C6H6O7. The summed E-state index contributed by atoms with van der Waals surface area (Å²) in [6.07, 6.45) is -2.21. The monoisotopic (exact) mass is 190 g/mol. The van der Waals surface area contributed by atoms with Gasteiger partial charge in [0.1, 0.15) is 0 Å². The van der Waals surface area contributed by atoms with Crippen molar-refractivity contribution in [1.29, 1.82) is 0 Å². The Hall–Kier alpha value is -1.89. The average molecular weight is 190 g/mol. The zero-order chi connectivity index (χ0) is 10.6. The highest BCUT2D eigenvalue weighted by atomic mass is 16.4. The van der Waals surface area contributed by atoms with Crippen LogP contribution >= 0.6 is 0 Å². The van der Waals surface area contributed by atoms with Gasteiger partial charge in [0.15, 0.2) is 6.10 Å². The first-order chi connectivity index (χ1) is 5.86. The van der Waals surface area contributed by atoms with Gasteiger partial charge in [0, 0.05) is 6.08 Å². The summed E-state index contributed by atoms with van der Waals surface area (Å²) in [7, 11) is 0. The summed E-state index contributed by atoms with van der Waals surface area (Å²) >= 11 is 0. The highest BCUT2D eigenvalue weighted by Gasteiger charge is 2.25. The molecule has 0 radical (unpaired) electrons. The van der Waals surface area contributed by atoms with Gasteiger partial charge in [-0.15, -0.1) is 0 Å². The second kappa shape index (κ2) is 4.21. The van der Waals surface area contributed by atoms with Crippen LogP contribution in [0.4, 0.5) is 0 Å². The molecule has 7 heteroatoms. The van der Waals surface area contributed by atoms with Crippen molar-refractivity contribution in [3.63, 3.8) is 0 Å². The van der Waals surface area contributed by atoms with Crippen LogP contribution in [0.2, 0.25) is 0 Å². The van der Waals surface area contributed by atoms with Crippen LogP contribution < -0.4 is 0 Å². The summed E-state index contributed by atoms with van der Waals surface area (Å²) in [4.78, 5) is 30.3. The van der Waals surface area contributed by atoms with Crippen LogP contribution in [-0.2, 0) is 14.4 Å². The molecule has 0 heterocycles. The first kappa shape index (κ1) is 11.1. The molecule has 0 saturated carbocycles. The maximum atomic E-state index is 10.2. The van der Waals surface area contributed by atoms with Crippen molar-refractivity contribution < 1.29 is 34.8 Å². The predicted molar refractivity (Wildman–Crippen MR) is 37.0 cm³/mol. The summed E-state index contributed by atoms with van der Waals surface area (Å²) in [5.74, 6) is -5.26. The molecule has 0 aliphatic heterocycles. The molecule has 0 fully saturated rings.